The van der Waals surface area contributed by atoms with Crippen LogP contribution in [0.1, 0.15) is 6.92 Å². The van der Waals surface area contributed by atoms with Crippen molar-refractivity contribution in [2.75, 3.05) is 19.7 Å². The summed E-state index contributed by atoms with van der Waals surface area (Å²) in [4.78, 5) is 0. The minimum Gasteiger partial charge on any atom is -0.395 e. The average molecular weight is 137 g/mol. The van der Waals surface area contributed by atoms with E-state index in [2.05, 4.69) is 5.32 Å². The van der Waals surface area contributed by atoms with Gasteiger partial charge in [0.05, 0.1) is 6.61 Å². The Morgan fingerprint density at radius 3 is 2.29 bits per heavy atom. The average Bonchev–Trinajstić information content (AvgIpc) is 1.61. The van der Waals surface area contributed by atoms with Crippen molar-refractivity contribution in [1.82, 2.24) is 5.32 Å². The number of aliphatic hydroxyl groups excluding tert-OH is 1. The van der Waals surface area contributed by atoms with Gasteiger partial charge in [-0.25, -0.2) is 0 Å². The monoisotopic (exact) mass is 137 g/mol. The van der Waals surface area contributed by atoms with E-state index < -0.39 is 0 Å². The van der Waals surface area contributed by atoms with E-state index in [1.165, 1.54) is 0 Å². The van der Waals surface area contributed by atoms with E-state index in [0.717, 1.165) is 13.1 Å². The molecular formula is C4H11NOTi. The first-order chi connectivity index (χ1) is 2.91. The SMILES string of the molecule is CCNCCO.[Ti]. The van der Waals surface area contributed by atoms with Crippen LogP contribution in [0.25, 0.3) is 0 Å². The first kappa shape index (κ1) is 10.6. The molecule has 0 saturated carbocycles. The number of hydrogen-bond donors (Lipinski definition) is 2. The van der Waals surface area contributed by atoms with E-state index >= 15 is 0 Å². The number of nitrogens with one attached hydrogen (secondary N) is 1. The van der Waals surface area contributed by atoms with Gasteiger partial charge < -0.3 is 10.4 Å². The number of rotatable bonds is 3. The third-order valence-corrected chi connectivity index (χ3v) is 0.539. The molecule has 2 N–H and O–H groups in total. The van der Waals surface area contributed by atoms with Gasteiger partial charge in [0.1, 0.15) is 0 Å². The standard InChI is InChI=1S/C4H11NO.Ti/c1-2-5-3-4-6;/h5-6H,2-4H2,1H3;. The van der Waals surface area contributed by atoms with Crippen molar-refractivity contribution in [2.45, 2.75) is 6.92 Å². The molecule has 0 aromatic carbocycles. The smallest absolute Gasteiger partial charge is 0.0555 e. The van der Waals surface area contributed by atoms with Gasteiger partial charge in [-0.15, -0.1) is 0 Å². The molecule has 0 aromatic rings. The summed E-state index contributed by atoms with van der Waals surface area (Å²) in [6, 6.07) is 0. The molecule has 0 aromatic heterocycles. The van der Waals surface area contributed by atoms with Crippen LogP contribution in [0.2, 0.25) is 0 Å². The second-order valence-corrected chi connectivity index (χ2v) is 1.08. The molecule has 2 nitrogen and oxygen atoms in total. The minimum atomic E-state index is 0. The fraction of sp³-hybridized carbons (Fsp3) is 1.00. The number of aliphatic hydroxyl groups is 1. The van der Waals surface area contributed by atoms with Crippen molar-refractivity contribution in [3.8, 4) is 0 Å². The van der Waals surface area contributed by atoms with Crippen LogP contribution in [0.15, 0.2) is 0 Å². The van der Waals surface area contributed by atoms with Crippen LogP contribution in [-0.4, -0.2) is 24.8 Å². The normalized spacial score (nSPS) is 7.71. The maximum Gasteiger partial charge on any atom is 0.0555 e. The topological polar surface area (TPSA) is 32.3 Å². The molecule has 42 valence electrons. The molecule has 0 fully saturated rings. The van der Waals surface area contributed by atoms with Crippen LogP contribution in [0.4, 0.5) is 0 Å². The quantitative estimate of drug-likeness (QED) is 0.409. The van der Waals surface area contributed by atoms with Crippen LogP contribution in [0.3, 0.4) is 0 Å². The predicted octanol–water partition coefficient (Wildman–Crippen LogP) is -0.414. The van der Waals surface area contributed by atoms with Crippen LogP contribution >= 0.6 is 0 Å². The number of likely N-dealkylation sites (N-methyl/N-ethyl adjacent to an activating group) is 1. The Hall–Kier alpha value is 0.634. The Morgan fingerprint density at radius 2 is 2.14 bits per heavy atom. The summed E-state index contributed by atoms with van der Waals surface area (Å²) in [5.41, 5.74) is 0. The molecule has 0 bridgehead atoms. The number of hydrogen-bond acceptors (Lipinski definition) is 2. The molecule has 0 radical (unpaired) electrons. The van der Waals surface area contributed by atoms with Gasteiger partial charge in [0.15, 0.2) is 0 Å². The molecular weight excluding hydrogens is 126 g/mol. The molecule has 0 aliphatic carbocycles. The summed E-state index contributed by atoms with van der Waals surface area (Å²) in [5, 5.41) is 11.1. The van der Waals surface area contributed by atoms with Gasteiger partial charge in [0.25, 0.3) is 0 Å². The molecule has 0 aliphatic heterocycles. The Labute approximate surface area is 59.2 Å². The summed E-state index contributed by atoms with van der Waals surface area (Å²) in [7, 11) is 0. The molecule has 0 spiro atoms. The summed E-state index contributed by atoms with van der Waals surface area (Å²) in [6.45, 7) is 3.92. The maximum atomic E-state index is 8.13. The van der Waals surface area contributed by atoms with Gasteiger partial charge in [-0.05, 0) is 6.54 Å². The predicted molar refractivity (Wildman–Crippen MR) is 25.6 cm³/mol. The van der Waals surface area contributed by atoms with Crippen molar-refractivity contribution < 1.29 is 26.8 Å². The zero-order valence-corrected chi connectivity index (χ0v) is 6.13. The fourth-order valence-corrected chi connectivity index (χ4v) is 0.256. The Bertz CT molecular complexity index is 23.7. The van der Waals surface area contributed by atoms with Crippen LogP contribution in [0.5, 0.6) is 0 Å². The van der Waals surface area contributed by atoms with Crippen molar-refractivity contribution in [1.29, 1.82) is 0 Å². The van der Waals surface area contributed by atoms with Gasteiger partial charge in [-0.3, -0.25) is 0 Å². The van der Waals surface area contributed by atoms with Crippen LogP contribution in [-0.2, 0) is 21.7 Å². The molecule has 7 heavy (non-hydrogen) atoms. The third kappa shape index (κ3) is 10.8. The molecule has 0 heterocycles. The van der Waals surface area contributed by atoms with Gasteiger partial charge in [0.2, 0.25) is 0 Å². The summed E-state index contributed by atoms with van der Waals surface area (Å²) in [6.07, 6.45) is 0. The molecule has 0 rings (SSSR count). The van der Waals surface area contributed by atoms with Gasteiger partial charge in [-0.1, -0.05) is 6.92 Å². The third-order valence-electron chi connectivity index (χ3n) is 0.539. The van der Waals surface area contributed by atoms with E-state index in [0.29, 0.717) is 0 Å². The Morgan fingerprint density at radius 1 is 1.57 bits per heavy atom. The Balaban J connectivity index is 0. The van der Waals surface area contributed by atoms with Gasteiger partial charge >= 0.3 is 0 Å². The van der Waals surface area contributed by atoms with E-state index in [-0.39, 0.29) is 28.3 Å². The van der Waals surface area contributed by atoms with Gasteiger partial charge in [0, 0.05) is 28.3 Å². The van der Waals surface area contributed by atoms with Crippen molar-refractivity contribution >= 4 is 0 Å². The summed E-state index contributed by atoms with van der Waals surface area (Å²) >= 11 is 0. The largest absolute Gasteiger partial charge is 0.395 e. The Kier molecular flexibility index (Phi) is 14.8. The second-order valence-electron chi connectivity index (χ2n) is 1.08. The van der Waals surface area contributed by atoms with E-state index in [1.54, 1.807) is 0 Å². The van der Waals surface area contributed by atoms with Crippen LogP contribution < -0.4 is 5.32 Å². The first-order valence-electron chi connectivity index (χ1n) is 2.23. The molecule has 0 amide bonds. The molecule has 3 heteroatoms. The first-order valence-corrected chi connectivity index (χ1v) is 2.23. The zero-order valence-electron chi connectivity index (χ0n) is 4.57. The van der Waals surface area contributed by atoms with E-state index in [1.807, 2.05) is 6.92 Å². The van der Waals surface area contributed by atoms with Crippen molar-refractivity contribution in [3.63, 3.8) is 0 Å². The molecule has 0 atom stereocenters. The second kappa shape index (κ2) is 9.81. The zero-order chi connectivity index (χ0) is 4.83. The maximum absolute atomic E-state index is 8.13. The molecule has 0 aliphatic rings. The van der Waals surface area contributed by atoms with Gasteiger partial charge in [-0.2, -0.15) is 0 Å². The van der Waals surface area contributed by atoms with Crippen molar-refractivity contribution in [2.24, 2.45) is 0 Å². The minimum absolute atomic E-state index is 0. The van der Waals surface area contributed by atoms with E-state index in [9.17, 15) is 0 Å². The summed E-state index contributed by atoms with van der Waals surface area (Å²) < 4.78 is 0. The van der Waals surface area contributed by atoms with E-state index in [4.69, 9.17) is 5.11 Å². The van der Waals surface area contributed by atoms with Crippen molar-refractivity contribution in [3.05, 3.63) is 0 Å². The molecule has 0 unspecified atom stereocenters. The van der Waals surface area contributed by atoms with Crippen LogP contribution in [0, 0.1) is 0 Å². The summed E-state index contributed by atoms with van der Waals surface area (Å²) in [5.74, 6) is 0. The molecule has 0 saturated heterocycles. The fourth-order valence-electron chi connectivity index (χ4n) is 0.256.